The SMILES string of the molecule is CCC1CCC(O)CC1N1CCCCC1=O. The summed E-state index contributed by atoms with van der Waals surface area (Å²) in [5.74, 6) is 0.911. The second kappa shape index (κ2) is 5.17. The summed E-state index contributed by atoms with van der Waals surface area (Å²) in [5, 5.41) is 9.77. The van der Waals surface area contributed by atoms with Crippen molar-refractivity contribution in [1.29, 1.82) is 0 Å². The molecule has 3 unspecified atom stereocenters. The standard InChI is InChI=1S/C13H23NO2/c1-2-10-6-7-11(15)9-12(10)14-8-4-3-5-13(14)16/h10-12,15H,2-9H2,1H3. The molecular formula is C13H23NO2. The maximum absolute atomic E-state index is 11.9. The van der Waals surface area contributed by atoms with Gasteiger partial charge in [0.05, 0.1) is 6.10 Å². The molecule has 2 rings (SSSR count). The number of carbonyl (C=O) groups is 1. The van der Waals surface area contributed by atoms with E-state index < -0.39 is 0 Å². The smallest absolute Gasteiger partial charge is 0.222 e. The molecular weight excluding hydrogens is 202 g/mol. The highest BCUT2D eigenvalue weighted by atomic mass is 16.3. The van der Waals surface area contributed by atoms with Gasteiger partial charge in [-0.3, -0.25) is 4.79 Å². The van der Waals surface area contributed by atoms with E-state index in [0.29, 0.717) is 24.3 Å². The Morgan fingerprint density at radius 3 is 2.88 bits per heavy atom. The van der Waals surface area contributed by atoms with Crippen molar-refractivity contribution in [2.45, 2.75) is 64.0 Å². The molecule has 1 amide bonds. The average Bonchev–Trinajstić information content (AvgIpc) is 2.29. The monoisotopic (exact) mass is 225 g/mol. The molecule has 2 aliphatic rings. The fourth-order valence-corrected chi connectivity index (χ4v) is 3.22. The number of likely N-dealkylation sites (tertiary alicyclic amines) is 1. The summed E-state index contributed by atoms with van der Waals surface area (Å²) >= 11 is 0. The number of hydrogen-bond acceptors (Lipinski definition) is 2. The van der Waals surface area contributed by atoms with Crippen LogP contribution in [-0.2, 0) is 4.79 Å². The van der Waals surface area contributed by atoms with Crippen molar-refractivity contribution in [3.8, 4) is 0 Å². The molecule has 1 saturated heterocycles. The number of carbonyl (C=O) groups excluding carboxylic acids is 1. The maximum atomic E-state index is 11.9. The fraction of sp³-hybridized carbons (Fsp3) is 0.923. The summed E-state index contributed by atoms with van der Waals surface area (Å²) in [6.07, 6.45) is 6.61. The number of nitrogens with zero attached hydrogens (tertiary/aromatic N) is 1. The van der Waals surface area contributed by atoms with Crippen molar-refractivity contribution in [2.75, 3.05) is 6.54 Å². The van der Waals surface area contributed by atoms with Crippen LogP contribution in [0.1, 0.15) is 51.9 Å². The van der Waals surface area contributed by atoms with Gasteiger partial charge in [-0.25, -0.2) is 0 Å². The molecule has 2 fully saturated rings. The van der Waals surface area contributed by atoms with Gasteiger partial charge in [0.1, 0.15) is 0 Å². The zero-order valence-corrected chi connectivity index (χ0v) is 10.2. The van der Waals surface area contributed by atoms with E-state index >= 15 is 0 Å². The number of piperidine rings is 1. The van der Waals surface area contributed by atoms with Crippen molar-refractivity contribution in [1.82, 2.24) is 4.90 Å². The molecule has 1 N–H and O–H groups in total. The summed E-state index contributed by atoms with van der Waals surface area (Å²) in [6, 6.07) is 0.307. The van der Waals surface area contributed by atoms with Gasteiger partial charge >= 0.3 is 0 Å². The molecule has 16 heavy (non-hydrogen) atoms. The van der Waals surface area contributed by atoms with E-state index in [0.717, 1.165) is 45.1 Å². The van der Waals surface area contributed by atoms with Gasteiger partial charge in [0.15, 0.2) is 0 Å². The van der Waals surface area contributed by atoms with Crippen LogP contribution in [0, 0.1) is 5.92 Å². The lowest BCUT2D eigenvalue weighted by atomic mass is 9.80. The van der Waals surface area contributed by atoms with Crippen molar-refractivity contribution in [3.05, 3.63) is 0 Å². The van der Waals surface area contributed by atoms with Crippen molar-refractivity contribution in [3.63, 3.8) is 0 Å². The molecule has 1 heterocycles. The first kappa shape index (κ1) is 11.9. The zero-order valence-electron chi connectivity index (χ0n) is 10.2. The van der Waals surface area contributed by atoms with Crippen molar-refractivity contribution in [2.24, 2.45) is 5.92 Å². The van der Waals surface area contributed by atoms with Gasteiger partial charge in [0, 0.05) is 19.0 Å². The van der Waals surface area contributed by atoms with Crippen LogP contribution in [0.5, 0.6) is 0 Å². The topological polar surface area (TPSA) is 40.5 Å². The molecule has 1 saturated carbocycles. The van der Waals surface area contributed by atoms with Crippen LogP contribution >= 0.6 is 0 Å². The summed E-state index contributed by atoms with van der Waals surface area (Å²) in [7, 11) is 0. The number of aliphatic hydroxyl groups excluding tert-OH is 1. The van der Waals surface area contributed by atoms with Gasteiger partial charge < -0.3 is 10.0 Å². The quantitative estimate of drug-likeness (QED) is 0.780. The normalized spacial score (nSPS) is 36.5. The lowest BCUT2D eigenvalue weighted by Crippen LogP contribution is -2.50. The van der Waals surface area contributed by atoms with E-state index in [2.05, 4.69) is 11.8 Å². The van der Waals surface area contributed by atoms with E-state index in [-0.39, 0.29) is 6.10 Å². The van der Waals surface area contributed by atoms with Crippen LogP contribution in [0.3, 0.4) is 0 Å². The van der Waals surface area contributed by atoms with E-state index in [4.69, 9.17) is 0 Å². The van der Waals surface area contributed by atoms with Crippen LogP contribution in [0.4, 0.5) is 0 Å². The molecule has 0 aromatic carbocycles. The Labute approximate surface area is 97.8 Å². The summed E-state index contributed by atoms with van der Waals surface area (Å²) < 4.78 is 0. The molecule has 0 aromatic heterocycles. The van der Waals surface area contributed by atoms with Crippen LogP contribution in [0.25, 0.3) is 0 Å². The van der Waals surface area contributed by atoms with Gasteiger partial charge in [-0.2, -0.15) is 0 Å². The number of amides is 1. The summed E-state index contributed by atoms with van der Waals surface area (Å²) in [5.41, 5.74) is 0. The Morgan fingerprint density at radius 2 is 2.19 bits per heavy atom. The Bertz CT molecular complexity index is 254. The van der Waals surface area contributed by atoms with E-state index in [9.17, 15) is 9.90 Å². The Kier molecular flexibility index (Phi) is 3.85. The van der Waals surface area contributed by atoms with Crippen molar-refractivity contribution >= 4 is 5.91 Å². The lowest BCUT2D eigenvalue weighted by Gasteiger charge is -2.43. The molecule has 1 aliphatic heterocycles. The molecule has 0 aromatic rings. The summed E-state index contributed by atoms with van der Waals surface area (Å²) in [6.45, 7) is 3.11. The predicted molar refractivity (Wildman–Crippen MR) is 63.0 cm³/mol. The highest BCUT2D eigenvalue weighted by Gasteiger charge is 2.35. The Morgan fingerprint density at radius 1 is 1.38 bits per heavy atom. The predicted octanol–water partition coefficient (Wildman–Crippen LogP) is 1.94. The molecule has 0 radical (unpaired) electrons. The maximum Gasteiger partial charge on any atom is 0.222 e. The molecule has 3 nitrogen and oxygen atoms in total. The first-order valence-electron chi connectivity index (χ1n) is 6.70. The second-order valence-corrected chi connectivity index (χ2v) is 5.25. The number of hydrogen-bond donors (Lipinski definition) is 1. The minimum atomic E-state index is -0.192. The molecule has 0 bridgehead atoms. The first-order chi connectivity index (χ1) is 7.72. The van der Waals surface area contributed by atoms with Gasteiger partial charge in [0.25, 0.3) is 0 Å². The van der Waals surface area contributed by atoms with E-state index in [1.165, 1.54) is 0 Å². The fourth-order valence-electron chi connectivity index (χ4n) is 3.22. The highest BCUT2D eigenvalue weighted by molar-refractivity contribution is 5.77. The number of rotatable bonds is 2. The van der Waals surface area contributed by atoms with E-state index in [1.807, 2.05) is 0 Å². The minimum Gasteiger partial charge on any atom is -0.393 e. The van der Waals surface area contributed by atoms with Gasteiger partial charge in [-0.1, -0.05) is 13.3 Å². The molecule has 3 heteroatoms. The molecule has 1 aliphatic carbocycles. The summed E-state index contributed by atoms with van der Waals surface area (Å²) in [4.78, 5) is 14.0. The van der Waals surface area contributed by atoms with E-state index in [1.54, 1.807) is 0 Å². The molecule has 92 valence electrons. The molecule has 0 spiro atoms. The second-order valence-electron chi connectivity index (χ2n) is 5.25. The third-order valence-corrected chi connectivity index (χ3v) is 4.21. The Balaban J connectivity index is 2.05. The van der Waals surface area contributed by atoms with Gasteiger partial charge in [-0.05, 0) is 38.0 Å². The first-order valence-corrected chi connectivity index (χ1v) is 6.70. The average molecular weight is 225 g/mol. The lowest BCUT2D eigenvalue weighted by molar-refractivity contribution is -0.139. The third-order valence-electron chi connectivity index (χ3n) is 4.21. The van der Waals surface area contributed by atoms with Crippen molar-refractivity contribution < 1.29 is 9.90 Å². The van der Waals surface area contributed by atoms with Crippen LogP contribution in [0.15, 0.2) is 0 Å². The number of aliphatic hydroxyl groups is 1. The van der Waals surface area contributed by atoms with Gasteiger partial charge in [0.2, 0.25) is 5.91 Å². The zero-order chi connectivity index (χ0) is 11.5. The largest absolute Gasteiger partial charge is 0.393 e. The minimum absolute atomic E-state index is 0.192. The third kappa shape index (κ3) is 2.40. The van der Waals surface area contributed by atoms with Crippen LogP contribution < -0.4 is 0 Å². The van der Waals surface area contributed by atoms with Crippen LogP contribution in [-0.4, -0.2) is 34.6 Å². The molecule has 3 atom stereocenters. The van der Waals surface area contributed by atoms with Crippen LogP contribution in [0.2, 0.25) is 0 Å². The van der Waals surface area contributed by atoms with Gasteiger partial charge in [-0.15, -0.1) is 0 Å². The highest BCUT2D eigenvalue weighted by Crippen LogP contribution is 2.32. The Hall–Kier alpha value is -0.570.